The molecule has 4 N–H and O–H groups in total. The third kappa shape index (κ3) is 4.88. The molecular formula is C13H24N2O2. The maximum absolute atomic E-state index is 11.8. The molecule has 0 heterocycles. The van der Waals surface area contributed by atoms with E-state index >= 15 is 0 Å². The van der Waals surface area contributed by atoms with E-state index in [2.05, 4.69) is 19.2 Å². The summed E-state index contributed by atoms with van der Waals surface area (Å²) in [4.78, 5) is 11.8. The van der Waals surface area contributed by atoms with Gasteiger partial charge in [0.15, 0.2) is 0 Å². The Labute approximate surface area is 103 Å². The van der Waals surface area contributed by atoms with Gasteiger partial charge in [0.05, 0.1) is 11.5 Å². The van der Waals surface area contributed by atoms with Crippen molar-refractivity contribution in [1.29, 1.82) is 0 Å². The topological polar surface area (TPSA) is 75.3 Å². The zero-order valence-electron chi connectivity index (χ0n) is 10.9. The van der Waals surface area contributed by atoms with E-state index in [0.29, 0.717) is 25.3 Å². The second kappa shape index (κ2) is 5.65. The molecule has 1 amide bonds. The molecule has 0 saturated carbocycles. The molecule has 0 radical (unpaired) electrons. The minimum absolute atomic E-state index is 0.0121. The van der Waals surface area contributed by atoms with Gasteiger partial charge in [-0.05, 0) is 25.7 Å². The monoisotopic (exact) mass is 240 g/mol. The van der Waals surface area contributed by atoms with Crippen LogP contribution in [-0.4, -0.2) is 29.2 Å². The fourth-order valence-electron chi connectivity index (χ4n) is 2.28. The van der Waals surface area contributed by atoms with Gasteiger partial charge in [0.1, 0.15) is 0 Å². The van der Waals surface area contributed by atoms with Gasteiger partial charge < -0.3 is 16.2 Å². The van der Waals surface area contributed by atoms with E-state index in [9.17, 15) is 9.90 Å². The number of hydrogen-bond acceptors (Lipinski definition) is 3. The molecule has 17 heavy (non-hydrogen) atoms. The Morgan fingerprint density at radius 2 is 2.24 bits per heavy atom. The highest BCUT2D eigenvalue weighted by atomic mass is 16.3. The Bertz CT molecular complexity index is 298. The maximum Gasteiger partial charge on any atom is 0.227 e. The first-order chi connectivity index (χ1) is 7.80. The van der Waals surface area contributed by atoms with Gasteiger partial charge in [-0.2, -0.15) is 0 Å². The number of carbonyl (C=O) groups excluding carboxylic acids is 1. The van der Waals surface area contributed by atoms with E-state index in [4.69, 9.17) is 5.73 Å². The molecule has 0 aromatic heterocycles. The number of nitrogens with two attached hydrogens (primary N) is 1. The summed E-state index contributed by atoms with van der Waals surface area (Å²) in [5, 5.41) is 12.9. The molecule has 0 bridgehead atoms. The van der Waals surface area contributed by atoms with Crippen molar-refractivity contribution in [2.75, 3.05) is 6.54 Å². The lowest BCUT2D eigenvalue weighted by atomic mass is 9.94. The highest BCUT2D eigenvalue weighted by Gasteiger charge is 2.26. The van der Waals surface area contributed by atoms with Crippen molar-refractivity contribution in [3.8, 4) is 0 Å². The summed E-state index contributed by atoms with van der Waals surface area (Å²) in [6.07, 6.45) is 5.04. The molecule has 0 fully saturated rings. The van der Waals surface area contributed by atoms with Crippen molar-refractivity contribution in [1.82, 2.24) is 5.32 Å². The second-order valence-corrected chi connectivity index (χ2v) is 5.70. The third-order valence-corrected chi connectivity index (χ3v) is 2.94. The average molecular weight is 240 g/mol. The van der Waals surface area contributed by atoms with Crippen molar-refractivity contribution < 1.29 is 9.90 Å². The first-order valence-electron chi connectivity index (χ1n) is 6.24. The van der Waals surface area contributed by atoms with Gasteiger partial charge in [0.25, 0.3) is 0 Å². The Balaban J connectivity index is 2.35. The van der Waals surface area contributed by atoms with Crippen molar-refractivity contribution in [2.45, 2.75) is 45.3 Å². The molecule has 0 aromatic rings. The first-order valence-corrected chi connectivity index (χ1v) is 6.24. The smallest absolute Gasteiger partial charge is 0.227 e. The van der Waals surface area contributed by atoms with E-state index in [0.717, 1.165) is 0 Å². The molecule has 0 aromatic carbocycles. The fraction of sp³-hybridized carbons (Fsp3) is 0.769. The van der Waals surface area contributed by atoms with Crippen LogP contribution in [0.5, 0.6) is 0 Å². The van der Waals surface area contributed by atoms with Crippen molar-refractivity contribution >= 4 is 5.91 Å². The van der Waals surface area contributed by atoms with Crippen LogP contribution in [0.15, 0.2) is 12.2 Å². The molecule has 3 atom stereocenters. The zero-order chi connectivity index (χ0) is 13.1. The van der Waals surface area contributed by atoms with Crippen LogP contribution >= 0.6 is 0 Å². The Hall–Kier alpha value is -0.870. The van der Waals surface area contributed by atoms with Crippen molar-refractivity contribution in [2.24, 2.45) is 17.6 Å². The van der Waals surface area contributed by atoms with Gasteiger partial charge in [-0.25, -0.2) is 0 Å². The number of rotatable bonds is 5. The lowest BCUT2D eigenvalue weighted by molar-refractivity contribution is -0.124. The summed E-state index contributed by atoms with van der Waals surface area (Å²) in [6, 6.07) is -0.0121. The van der Waals surface area contributed by atoms with E-state index in [-0.39, 0.29) is 17.9 Å². The number of hydrogen-bond donors (Lipinski definition) is 3. The number of amides is 1. The Morgan fingerprint density at radius 1 is 1.59 bits per heavy atom. The summed E-state index contributed by atoms with van der Waals surface area (Å²) in [5.41, 5.74) is 4.86. The molecule has 1 aliphatic carbocycles. The van der Waals surface area contributed by atoms with Gasteiger partial charge in [0, 0.05) is 12.6 Å². The minimum atomic E-state index is -0.839. The van der Waals surface area contributed by atoms with Gasteiger partial charge in [-0.15, -0.1) is 0 Å². The fourth-order valence-corrected chi connectivity index (χ4v) is 2.28. The van der Waals surface area contributed by atoms with Crippen LogP contribution in [0.25, 0.3) is 0 Å². The standard InChI is InChI=1S/C13H24N2O2/c1-9(2)7-13(3,17)8-15-12(16)10-4-5-11(14)6-10/h4-5,9-11,17H,6-8,14H2,1-3H3,(H,15,16). The molecule has 4 nitrogen and oxygen atoms in total. The second-order valence-electron chi connectivity index (χ2n) is 5.70. The SMILES string of the molecule is CC(C)CC(C)(O)CNC(=O)C1C=CC(N)C1. The molecular weight excluding hydrogens is 216 g/mol. The zero-order valence-corrected chi connectivity index (χ0v) is 10.9. The highest BCUT2D eigenvalue weighted by Crippen LogP contribution is 2.18. The Morgan fingerprint density at radius 3 is 2.71 bits per heavy atom. The minimum Gasteiger partial charge on any atom is -0.388 e. The van der Waals surface area contributed by atoms with Crippen LogP contribution in [0.1, 0.15) is 33.6 Å². The summed E-state index contributed by atoms with van der Waals surface area (Å²) >= 11 is 0. The third-order valence-electron chi connectivity index (χ3n) is 2.94. The molecule has 0 spiro atoms. The largest absolute Gasteiger partial charge is 0.388 e. The predicted octanol–water partition coefficient (Wildman–Crippen LogP) is 0.803. The van der Waals surface area contributed by atoms with Crippen LogP contribution in [0, 0.1) is 11.8 Å². The van der Waals surface area contributed by atoms with Crippen LogP contribution in [0.3, 0.4) is 0 Å². The van der Waals surface area contributed by atoms with E-state index in [1.54, 1.807) is 6.92 Å². The van der Waals surface area contributed by atoms with Gasteiger partial charge >= 0.3 is 0 Å². The molecule has 0 aliphatic heterocycles. The average Bonchev–Trinajstić information content (AvgIpc) is 2.59. The van der Waals surface area contributed by atoms with Gasteiger partial charge in [-0.1, -0.05) is 26.0 Å². The highest BCUT2D eigenvalue weighted by molar-refractivity contribution is 5.81. The lowest BCUT2D eigenvalue weighted by Crippen LogP contribution is -2.43. The number of aliphatic hydroxyl groups is 1. The molecule has 1 aliphatic rings. The molecule has 98 valence electrons. The number of carbonyl (C=O) groups is 1. The molecule has 4 heteroatoms. The van der Waals surface area contributed by atoms with Gasteiger partial charge in [-0.3, -0.25) is 4.79 Å². The molecule has 1 rings (SSSR count). The van der Waals surface area contributed by atoms with Crippen LogP contribution in [-0.2, 0) is 4.79 Å². The summed E-state index contributed by atoms with van der Waals surface area (Å²) in [5.74, 6) is 0.222. The van der Waals surface area contributed by atoms with E-state index < -0.39 is 5.60 Å². The van der Waals surface area contributed by atoms with E-state index in [1.807, 2.05) is 12.2 Å². The lowest BCUT2D eigenvalue weighted by Gasteiger charge is -2.26. The Kier molecular flexibility index (Phi) is 4.71. The molecule has 0 saturated heterocycles. The van der Waals surface area contributed by atoms with Crippen LogP contribution in [0.4, 0.5) is 0 Å². The quantitative estimate of drug-likeness (QED) is 0.622. The first kappa shape index (κ1) is 14.2. The van der Waals surface area contributed by atoms with E-state index in [1.165, 1.54) is 0 Å². The van der Waals surface area contributed by atoms with Crippen molar-refractivity contribution in [3.63, 3.8) is 0 Å². The summed E-state index contributed by atoms with van der Waals surface area (Å²) in [6.45, 7) is 6.15. The molecule has 3 unspecified atom stereocenters. The summed E-state index contributed by atoms with van der Waals surface area (Å²) in [7, 11) is 0. The van der Waals surface area contributed by atoms with Gasteiger partial charge in [0.2, 0.25) is 5.91 Å². The van der Waals surface area contributed by atoms with Crippen LogP contribution in [0.2, 0.25) is 0 Å². The number of nitrogens with one attached hydrogen (secondary N) is 1. The van der Waals surface area contributed by atoms with Crippen molar-refractivity contribution in [3.05, 3.63) is 12.2 Å². The predicted molar refractivity (Wildman–Crippen MR) is 68.3 cm³/mol. The maximum atomic E-state index is 11.8. The summed E-state index contributed by atoms with van der Waals surface area (Å²) < 4.78 is 0. The normalized spacial score (nSPS) is 27.2. The van der Waals surface area contributed by atoms with Crippen LogP contribution < -0.4 is 11.1 Å².